The van der Waals surface area contributed by atoms with E-state index in [2.05, 4.69) is 41.7 Å². The molecule has 0 aliphatic carbocycles. The lowest BCUT2D eigenvalue weighted by molar-refractivity contribution is -0.120. The van der Waals surface area contributed by atoms with Gasteiger partial charge in [-0.25, -0.2) is 8.78 Å². The van der Waals surface area contributed by atoms with Gasteiger partial charge in [-0.1, -0.05) is 84.1 Å². The number of unbranched alkanes of at least 4 members (excludes halogenated alkanes) is 1. The summed E-state index contributed by atoms with van der Waals surface area (Å²) in [6.07, 6.45) is 6.68. The van der Waals surface area contributed by atoms with E-state index in [0.717, 1.165) is 25.9 Å². The van der Waals surface area contributed by atoms with Crippen LogP contribution in [0.15, 0.2) is 65.7 Å². The number of hydrogen-bond donors (Lipinski definition) is 1. The first-order valence-electron chi connectivity index (χ1n) is 14.7. The number of rotatable bonds is 13. The molecule has 6 nitrogen and oxygen atoms in total. The van der Waals surface area contributed by atoms with Gasteiger partial charge in [0, 0.05) is 25.5 Å². The van der Waals surface area contributed by atoms with Crippen molar-refractivity contribution in [1.29, 1.82) is 0 Å². The van der Waals surface area contributed by atoms with Crippen molar-refractivity contribution in [2.75, 3.05) is 31.2 Å². The van der Waals surface area contributed by atoms with Crippen LogP contribution in [-0.2, 0) is 9.59 Å². The third kappa shape index (κ3) is 21.3. The van der Waals surface area contributed by atoms with Crippen LogP contribution in [0.2, 0.25) is 0 Å². The predicted molar refractivity (Wildman–Crippen MR) is 174 cm³/mol. The second kappa shape index (κ2) is 28.4. The molecule has 0 aliphatic rings. The molecule has 0 radical (unpaired) electrons. The van der Waals surface area contributed by atoms with Gasteiger partial charge in [-0.3, -0.25) is 24.4 Å². The molecule has 8 heteroatoms. The van der Waals surface area contributed by atoms with E-state index in [-0.39, 0.29) is 17.4 Å². The van der Waals surface area contributed by atoms with Crippen molar-refractivity contribution in [3.05, 3.63) is 66.3 Å². The molecule has 0 saturated carbocycles. The van der Waals surface area contributed by atoms with E-state index in [0.29, 0.717) is 31.2 Å². The highest BCUT2D eigenvalue weighted by Gasteiger charge is 2.18. The number of aliphatic imine (C=N–C) groups is 1. The number of allylic oxidation sites excluding steroid dienone is 4. The van der Waals surface area contributed by atoms with Crippen molar-refractivity contribution >= 4 is 23.3 Å². The van der Waals surface area contributed by atoms with E-state index in [1.807, 2.05) is 48.5 Å². The zero-order valence-corrected chi connectivity index (χ0v) is 27.3. The summed E-state index contributed by atoms with van der Waals surface area (Å²) in [6, 6.07) is 5.59. The summed E-state index contributed by atoms with van der Waals surface area (Å²) in [6.45, 7) is 25.7. The Bertz CT molecular complexity index is 906. The fourth-order valence-electron chi connectivity index (χ4n) is 2.91. The van der Waals surface area contributed by atoms with E-state index in [4.69, 9.17) is 0 Å². The fourth-order valence-corrected chi connectivity index (χ4v) is 2.91. The quantitative estimate of drug-likeness (QED) is 0.0837. The van der Waals surface area contributed by atoms with Gasteiger partial charge in [-0.2, -0.15) is 0 Å². The van der Waals surface area contributed by atoms with Gasteiger partial charge in [0.15, 0.2) is 0 Å². The molecule has 41 heavy (non-hydrogen) atoms. The van der Waals surface area contributed by atoms with E-state index in [9.17, 15) is 18.4 Å². The number of alkyl halides is 2. The van der Waals surface area contributed by atoms with Gasteiger partial charge in [-0.05, 0) is 64.9 Å². The molecule has 1 rings (SSSR count). The van der Waals surface area contributed by atoms with E-state index in [1.165, 1.54) is 41.7 Å². The average molecular weight is 579 g/mol. The molecule has 0 fully saturated rings. The third-order valence-corrected chi connectivity index (χ3v) is 5.33. The SMILES string of the molecule is C=C/C=C/C(=N/CN(CC)CCCCNC(=O)CC)N(C(C)=O)c1ccc(C(F)F)cc1.CC.CC.CC=C(C)C. The summed E-state index contributed by atoms with van der Waals surface area (Å²) in [7, 11) is 0. The Balaban J connectivity index is -0.00000141. The summed E-state index contributed by atoms with van der Waals surface area (Å²) in [5.41, 5.74) is 1.73. The number of nitrogens with one attached hydrogen (secondary N) is 1. The van der Waals surface area contributed by atoms with Gasteiger partial charge in [0.2, 0.25) is 11.8 Å². The van der Waals surface area contributed by atoms with Crippen LogP contribution in [0.5, 0.6) is 0 Å². The number of amidine groups is 1. The summed E-state index contributed by atoms with van der Waals surface area (Å²) in [4.78, 5) is 31.8. The summed E-state index contributed by atoms with van der Waals surface area (Å²) < 4.78 is 25.8. The molecule has 0 heterocycles. The first-order chi connectivity index (χ1) is 19.6. The van der Waals surface area contributed by atoms with Crippen LogP contribution in [0.1, 0.15) is 100 Å². The van der Waals surface area contributed by atoms with Crippen molar-refractivity contribution in [1.82, 2.24) is 10.2 Å². The molecule has 0 spiro atoms. The molecule has 2 amide bonds. The Labute approximate surface area is 249 Å². The lowest BCUT2D eigenvalue weighted by atomic mass is 10.2. The second-order valence-corrected chi connectivity index (χ2v) is 8.49. The number of carbonyl (C=O) groups excluding carboxylic acids is 2. The Morgan fingerprint density at radius 3 is 2.00 bits per heavy atom. The number of halogens is 2. The van der Waals surface area contributed by atoms with Gasteiger partial charge >= 0.3 is 0 Å². The van der Waals surface area contributed by atoms with Crippen LogP contribution in [0.4, 0.5) is 14.5 Å². The van der Waals surface area contributed by atoms with Crippen LogP contribution in [0.25, 0.3) is 0 Å². The summed E-state index contributed by atoms with van der Waals surface area (Å²) in [5.74, 6) is 0.166. The van der Waals surface area contributed by atoms with Crippen molar-refractivity contribution < 1.29 is 18.4 Å². The van der Waals surface area contributed by atoms with Crippen LogP contribution in [0.3, 0.4) is 0 Å². The Hall–Kier alpha value is -3.13. The van der Waals surface area contributed by atoms with E-state index < -0.39 is 6.43 Å². The fraction of sp³-hybridized carbons (Fsp3) is 0.545. The highest BCUT2D eigenvalue weighted by Crippen LogP contribution is 2.23. The molecule has 0 bridgehead atoms. The monoisotopic (exact) mass is 578 g/mol. The van der Waals surface area contributed by atoms with Gasteiger partial charge in [0.05, 0.1) is 12.4 Å². The minimum absolute atomic E-state index is 0.0477. The standard InChI is InChI=1S/C24H34F2N4O2.C5H10.2C2H6/c1-5-8-11-22(28-18-29(7-3)17-10-9-16-27-23(32)6-2)30(19(4)31)21-14-12-20(13-15-21)24(25)26;1-4-5(2)3;2*1-2/h5,8,11-15,24H,1,6-7,9-10,16-18H2,2-4H3,(H,27,32);4H,1-3H3;2*1-2H3/b11-8+,28-22-;;;. The molecule has 0 saturated heterocycles. The summed E-state index contributed by atoms with van der Waals surface area (Å²) in [5, 5.41) is 2.86. The minimum atomic E-state index is -2.57. The molecular weight excluding hydrogens is 522 g/mol. The molecular formula is C33H56F2N4O2. The lowest BCUT2D eigenvalue weighted by Gasteiger charge is -2.24. The maximum Gasteiger partial charge on any atom is 0.263 e. The van der Waals surface area contributed by atoms with Gasteiger partial charge in [-0.15, -0.1) is 0 Å². The van der Waals surface area contributed by atoms with Crippen molar-refractivity contribution in [3.8, 4) is 0 Å². The van der Waals surface area contributed by atoms with Crippen LogP contribution in [0, 0.1) is 0 Å². The predicted octanol–water partition coefficient (Wildman–Crippen LogP) is 8.73. The second-order valence-electron chi connectivity index (χ2n) is 8.49. The lowest BCUT2D eigenvalue weighted by Crippen LogP contribution is -2.35. The Morgan fingerprint density at radius 2 is 1.59 bits per heavy atom. The number of hydrogen-bond acceptors (Lipinski definition) is 4. The van der Waals surface area contributed by atoms with Crippen molar-refractivity contribution in [2.45, 2.75) is 94.9 Å². The number of carbonyl (C=O) groups is 2. The number of nitrogens with zero attached hydrogens (tertiary/aromatic N) is 3. The molecule has 0 atom stereocenters. The van der Waals surface area contributed by atoms with Crippen molar-refractivity contribution in [3.63, 3.8) is 0 Å². The highest BCUT2D eigenvalue weighted by atomic mass is 19.3. The molecule has 1 aromatic rings. The van der Waals surface area contributed by atoms with Crippen LogP contribution >= 0.6 is 0 Å². The number of benzene rings is 1. The first kappa shape index (κ1) is 42.3. The molecule has 234 valence electrons. The van der Waals surface area contributed by atoms with Crippen LogP contribution in [-0.4, -0.2) is 48.9 Å². The van der Waals surface area contributed by atoms with Gasteiger partial charge in [0.1, 0.15) is 5.84 Å². The maximum atomic E-state index is 12.9. The Kier molecular flexibility index (Phi) is 29.3. The molecule has 1 N–H and O–H groups in total. The normalized spacial score (nSPS) is 10.4. The maximum absolute atomic E-state index is 12.9. The molecule has 0 aliphatic heterocycles. The topological polar surface area (TPSA) is 65.0 Å². The highest BCUT2D eigenvalue weighted by molar-refractivity contribution is 6.20. The smallest absolute Gasteiger partial charge is 0.263 e. The van der Waals surface area contributed by atoms with Gasteiger partial charge in [0.25, 0.3) is 6.43 Å². The summed E-state index contributed by atoms with van der Waals surface area (Å²) >= 11 is 0. The van der Waals surface area contributed by atoms with Crippen LogP contribution < -0.4 is 10.2 Å². The van der Waals surface area contributed by atoms with E-state index in [1.54, 1.807) is 18.2 Å². The minimum Gasteiger partial charge on any atom is -0.356 e. The third-order valence-electron chi connectivity index (χ3n) is 5.33. The molecule has 0 unspecified atom stereocenters. The van der Waals surface area contributed by atoms with Gasteiger partial charge < -0.3 is 5.32 Å². The first-order valence-corrected chi connectivity index (χ1v) is 14.7. The van der Waals surface area contributed by atoms with Crippen molar-refractivity contribution in [2.24, 2.45) is 4.99 Å². The number of anilines is 1. The number of amides is 2. The Morgan fingerprint density at radius 1 is 1.02 bits per heavy atom. The zero-order chi connectivity index (χ0) is 32.2. The molecule has 1 aromatic carbocycles. The average Bonchev–Trinajstić information content (AvgIpc) is 2.99. The molecule has 0 aromatic heterocycles. The largest absolute Gasteiger partial charge is 0.356 e. The van der Waals surface area contributed by atoms with E-state index >= 15 is 0 Å². The zero-order valence-electron chi connectivity index (χ0n) is 27.3.